The molecule has 0 amide bonds. The molecule has 0 unspecified atom stereocenters. The number of ether oxygens (including phenoxy) is 2. The molecule has 0 radical (unpaired) electrons. The number of anilines is 1. The summed E-state index contributed by atoms with van der Waals surface area (Å²) in [6, 6.07) is 7.75. The minimum atomic E-state index is -0.436. The lowest BCUT2D eigenvalue weighted by molar-refractivity contribution is 0.0525. The van der Waals surface area contributed by atoms with Crippen LogP contribution < -0.4 is 4.90 Å². The summed E-state index contributed by atoms with van der Waals surface area (Å²) >= 11 is 0. The van der Waals surface area contributed by atoms with Crippen molar-refractivity contribution in [1.29, 1.82) is 0 Å². The molecule has 0 aliphatic heterocycles. The lowest BCUT2D eigenvalue weighted by atomic mass is 10.0. The Labute approximate surface area is 155 Å². The van der Waals surface area contributed by atoms with E-state index in [0.29, 0.717) is 27.9 Å². The van der Waals surface area contributed by atoms with Gasteiger partial charge < -0.3 is 14.4 Å². The van der Waals surface area contributed by atoms with Gasteiger partial charge >= 0.3 is 11.9 Å². The highest BCUT2D eigenvalue weighted by molar-refractivity contribution is 6.16. The molecular formula is C21H27NO4. The van der Waals surface area contributed by atoms with Gasteiger partial charge in [-0.05, 0) is 42.5 Å². The van der Waals surface area contributed by atoms with Crippen LogP contribution in [0.1, 0.15) is 59.9 Å². The summed E-state index contributed by atoms with van der Waals surface area (Å²) in [5, 5.41) is 0. The zero-order valence-corrected chi connectivity index (χ0v) is 16.4. The van der Waals surface area contributed by atoms with Gasteiger partial charge in [-0.1, -0.05) is 32.0 Å². The number of rotatable bonds is 6. The fraction of sp³-hybridized carbons (Fsp3) is 0.429. The highest BCUT2D eigenvalue weighted by Gasteiger charge is 2.33. The molecule has 0 spiro atoms. The van der Waals surface area contributed by atoms with Crippen molar-refractivity contribution in [3.05, 3.63) is 41.0 Å². The molecule has 2 aliphatic carbocycles. The predicted octanol–water partition coefficient (Wildman–Crippen LogP) is 4.33. The summed E-state index contributed by atoms with van der Waals surface area (Å²) in [5.41, 5.74) is 3.84. The predicted molar refractivity (Wildman–Crippen MR) is 103 cm³/mol. The van der Waals surface area contributed by atoms with Gasteiger partial charge in [-0.25, -0.2) is 9.59 Å². The minimum absolute atomic E-state index is 0.267. The first kappa shape index (κ1) is 19.8. The van der Waals surface area contributed by atoms with Crippen LogP contribution in [0.5, 0.6) is 0 Å². The third-order valence-electron chi connectivity index (χ3n) is 4.24. The van der Waals surface area contributed by atoms with Crippen LogP contribution >= 0.6 is 0 Å². The quantitative estimate of drug-likeness (QED) is 0.720. The highest BCUT2D eigenvalue weighted by atomic mass is 16.5. The van der Waals surface area contributed by atoms with E-state index in [1.807, 2.05) is 38.4 Å². The Balaban J connectivity index is 2.89. The van der Waals surface area contributed by atoms with Gasteiger partial charge in [0.15, 0.2) is 0 Å². The van der Waals surface area contributed by atoms with E-state index in [4.69, 9.17) is 9.47 Å². The Hall–Kier alpha value is -2.56. The van der Waals surface area contributed by atoms with E-state index in [9.17, 15) is 9.59 Å². The van der Waals surface area contributed by atoms with Crippen LogP contribution in [0.15, 0.2) is 24.3 Å². The fourth-order valence-corrected chi connectivity index (χ4v) is 3.07. The van der Waals surface area contributed by atoms with Crippen molar-refractivity contribution in [3.8, 4) is 11.1 Å². The molecule has 140 valence electrons. The molecule has 0 N–H and O–H groups in total. The first-order valence-electron chi connectivity index (χ1n) is 8.94. The molecule has 0 heterocycles. The maximum atomic E-state index is 12.8. The molecule has 0 aromatic carbocycles. The Kier molecular flexibility index (Phi) is 6.24. The van der Waals surface area contributed by atoms with Crippen molar-refractivity contribution in [2.45, 2.75) is 33.6 Å². The van der Waals surface area contributed by atoms with Crippen LogP contribution in [-0.2, 0) is 9.47 Å². The Morgan fingerprint density at radius 1 is 0.962 bits per heavy atom. The molecule has 0 aromatic rings. The second-order valence-electron chi connectivity index (χ2n) is 6.59. The Morgan fingerprint density at radius 3 is 1.96 bits per heavy atom. The smallest absolute Gasteiger partial charge is 0.340 e. The zero-order chi connectivity index (χ0) is 19.4. The third kappa shape index (κ3) is 3.66. The van der Waals surface area contributed by atoms with Crippen molar-refractivity contribution < 1.29 is 19.1 Å². The molecular weight excluding hydrogens is 330 g/mol. The van der Waals surface area contributed by atoms with Crippen LogP contribution in [0.3, 0.4) is 0 Å². The highest BCUT2D eigenvalue weighted by Crippen LogP contribution is 2.43. The van der Waals surface area contributed by atoms with E-state index < -0.39 is 11.9 Å². The van der Waals surface area contributed by atoms with Gasteiger partial charge in [0.25, 0.3) is 0 Å². The van der Waals surface area contributed by atoms with E-state index >= 15 is 0 Å². The number of carbonyl (C=O) groups excluding carboxylic acids is 2. The van der Waals surface area contributed by atoms with Crippen molar-refractivity contribution in [2.75, 3.05) is 32.2 Å². The summed E-state index contributed by atoms with van der Waals surface area (Å²) in [6.45, 7) is 8.25. The average molecular weight is 357 g/mol. The summed E-state index contributed by atoms with van der Waals surface area (Å²) in [7, 11) is 3.62. The van der Waals surface area contributed by atoms with Crippen LogP contribution in [0, 0.1) is 0 Å². The number of hydrogen-bond acceptors (Lipinski definition) is 5. The van der Waals surface area contributed by atoms with Crippen molar-refractivity contribution in [2.24, 2.45) is 0 Å². The Bertz CT molecular complexity index is 780. The molecule has 0 bridgehead atoms. The van der Waals surface area contributed by atoms with E-state index in [1.54, 1.807) is 18.7 Å². The third-order valence-corrected chi connectivity index (χ3v) is 4.24. The van der Waals surface area contributed by atoms with E-state index in [2.05, 4.69) is 13.8 Å². The number of carbonyl (C=O) groups is 2. The van der Waals surface area contributed by atoms with Gasteiger partial charge in [-0.15, -0.1) is 0 Å². The molecule has 5 nitrogen and oxygen atoms in total. The summed E-state index contributed by atoms with van der Waals surface area (Å²) in [4.78, 5) is 27.2. The SMILES string of the molecule is CCOC(=O)c1c2cccc(C(C)C)cc-2c(C(=O)OCC)c1N(C)C. The summed E-state index contributed by atoms with van der Waals surface area (Å²) in [6.07, 6.45) is 0. The van der Waals surface area contributed by atoms with E-state index in [0.717, 1.165) is 5.56 Å². The van der Waals surface area contributed by atoms with Crippen LogP contribution in [0.25, 0.3) is 11.1 Å². The topological polar surface area (TPSA) is 55.8 Å². The number of hydrogen-bond donors (Lipinski definition) is 0. The van der Waals surface area contributed by atoms with E-state index in [-0.39, 0.29) is 19.1 Å². The molecule has 0 saturated heterocycles. The molecule has 0 fully saturated rings. The summed E-state index contributed by atoms with van der Waals surface area (Å²) < 4.78 is 10.6. The molecule has 0 aromatic heterocycles. The lowest BCUT2D eigenvalue weighted by Gasteiger charge is -2.16. The van der Waals surface area contributed by atoms with Crippen LogP contribution in [-0.4, -0.2) is 39.2 Å². The van der Waals surface area contributed by atoms with Crippen molar-refractivity contribution in [3.63, 3.8) is 0 Å². The monoisotopic (exact) mass is 357 g/mol. The number of esters is 2. The minimum Gasteiger partial charge on any atom is -0.462 e. The first-order chi connectivity index (χ1) is 12.3. The summed E-state index contributed by atoms with van der Waals surface area (Å²) in [5.74, 6) is -0.587. The van der Waals surface area contributed by atoms with Crippen LogP contribution in [0.4, 0.5) is 5.69 Å². The maximum Gasteiger partial charge on any atom is 0.340 e. The Morgan fingerprint density at radius 2 is 1.50 bits per heavy atom. The van der Waals surface area contributed by atoms with Gasteiger partial charge in [0, 0.05) is 14.1 Å². The first-order valence-corrected chi connectivity index (χ1v) is 8.94. The lowest BCUT2D eigenvalue weighted by Crippen LogP contribution is -2.17. The van der Waals surface area contributed by atoms with Gasteiger partial charge in [0.2, 0.25) is 0 Å². The molecule has 2 rings (SSSR count). The van der Waals surface area contributed by atoms with Gasteiger partial charge in [-0.2, -0.15) is 0 Å². The van der Waals surface area contributed by atoms with Crippen LogP contribution in [0.2, 0.25) is 0 Å². The van der Waals surface area contributed by atoms with Gasteiger partial charge in [-0.3, -0.25) is 0 Å². The molecule has 0 atom stereocenters. The number of nitrogens with zero attached hydrogens (tertiary/aromatic N) is 1. The normalized spacial score (nSPS) is 10.9. The van der Waals surface area contributed by atoms with E-state index in [1.165, 1.54) is 0 Å². The second-order valence-corrected chi connectivity index (χ2v) is 6.59. The standard InChI is InChI=1S/C21H27NO4/c1-7-25-20(23)17-15-11-9-10-14(13(3)4)12-16(15)18(19(17)22(5)6)21(24)26-8-2/h9-13H,7-8H2,1-6H3. The molecule has 5 heteroatoms. The molecule has 2 aliphatic rings. The zero-order valence-electron chi connectivity index (χ0n) is 16.4. The molecule has 0 saturated carbocycles. The maximum absolute atomic E-state index is 12.8. The van der Waals surface area contributed by atoms with Gasteiger partial charge in [0.1, 0.15) is 0 Å². The fourth-order valence-electron chi connectivity index (χ4n) is 3.07. The van der Waals surface area contributed by atoms with Crippen molar-refractivity contribution >= 4 is 17.6 Å². The average Bonchev–Trinajstić information content (AvgIpc) is 2.73. The second kappa shape index (κ2) is 8.21. The molecule has 26 heavy (non-hydrogen) atoms. The largest absolute Gasteiger partial charge is 0.462 e. The van der Waals surface area contributed by atoms with Crippen molar-refractivity contribution in [1.82, 2.24) is 0 Å². The number of fused-ring (bicyclic) bond motifs is 1. The van der Waals surface area contributed by atoms with Gasteiger partial charge in [0.05, 0.1) is 30.0 Å².